The van der Waals surface area contributed by atoms with Crippen LogP contribution in [0.2, 0.25) is 0 Å². The summed E-state index contributed by atoms with van der Waals surface area (Å²) in [7, 11) is 0. The average molecular weight is 634 g/mol. The van der Waals surface area contributed by atoms with Gasteiger partial charge in [-0.2, -0.15) is 0 Å². The molecule has 3 heterocycles. The van der Waals surface area contributed by atoms with Crippen LogP contribution in [-0.4, -0.2) is 0 Å². The van der Waals surface area contributed by atoms with E-state index in [9.17, 15) is 0 Å². The van der Waals surface area contributed by atoms with Gasteiger partial charge in [-0.15, -0.1) is 0 Å². The second kappa shape index (κ2) is 10.4. The summed E-state index contributed by atoms with van der Waals surface area (Å²) in [6, 6.07) is 52.9. The number of furan rings is 2. The van der Waals surface area contributed by atoms with E-state index in [4.69, 9.17) is 13.6 Å². The quantitative estimate of drug-likeness (QED) is 0.193. The van der Waals surface area contributed by atoms with Crippen LogP contribution in [0.15, 0.2) is 160 Å². The molecule has 0 saturated carbocycles. The maximum Gasteiger partial charge on any atom is 0.143 e. The fraction of sp³-hybridized carbons (Fsp3) is 0.0667. The Kier molecular flexibility index (Phi) is 5.89. The number of fused-ring (bicyclic) bond motifs is 9. The summed E-state index contributed by atoms with van der Waals surface area (Å²) in [4.78, 5) is 2.27. The number of ether oxygens (including phenoxy) is 1. The van der Waals surface area contributed by atoms with Gasteiger partial charge in [0.15, 0.2) is 0 Å². The van der Waals surface area contributed by atoms with Crippen molar-refractivity contribution in [3.63, 3.8) is 0 Å². The van der Waals surface area contributed by atoms with Gasteiger partial charge in [0, 0.05) is 55.8 Å². The molecule has 0 atom stereocenters. The number of hydrogen-bond donors (Lipinski definition) is 0. The minimum Gasteiger partial charge on any atom is -0.456 e. The molecule has 0 fully saturated rings. The molecule has 9 aromatic rings. The van der Waals surface area contributed by atoms with Crippen molar-refractivity contribution in [2.24, 2.45) is 0 Å². The highest BCUT2D eigenvalue weighted by molar-refractivity contribution is 6.09. The number of hydrogen-bond acceptors (Lipinski definition) is 4. The summed E-state index contributed by atoms with van der Waals surface area (Å²) < 4.78 is 19.3. The monoisotopic (exact) mass is 633 g/mol. The van der Waals surface area contributed by atoms with Crippen molar-refractivity contribution < 1.29 is 13.6 Å². The Morgan fingerprint density at radius 2 is 1.06 bits per heavy atom. The van der Waals surface area contributed by atoms with Gasteiger partial charge in [-0.3, -0.25) is 0 Å². The molecule has 1 aliphatic rings. The first-order chi connectivity index (χ1) is 24.0. The fourth-order valence-electron chi connectivity index (χ4n) is 7.62. The third-order valence-electron chi connectivity index (χ3n) is 10.1. The lowest BCUT2D eigenvalue weighted by molar-refractivity contribution is 0.423. The van der Waals surface area contributed by atoms with Crippen molar-refractivity contribution in [2.45, 2.75) is 19.3 Å². The van der Waals surface area contributed by atoms with Crippen LogP contribution >= 0.6 is 0 Å². The van der Waals surface area contributed by atoms with E-state index in [1.54, 1.807) is 0 Å². The van der Waals surface area contributed by atoms with Crippen molar-refractivity contribution in [3.05, 3.63) is 163 Å². The lowest BCUT2D eigenvalue weighted by Crippen LogP contribution is -2.24. The molecule has 234 valence electrons. The molecule has 0 saturated heterocycles. The molecule has 0 spiro atoms. The molecule has 4 nitrogen and oxygen atoms in total. The van der Waals surface area contributed by atoms with Crippen molar-refractivity contribution in [2.75, 3.05) is 4.90 Å². The van der Waals surface area contributed by atoms with E-state index >= 15 is 0 Å². The molecule has 0 radical (unpaired) electrons. The first kappa shape index (κ1) is 27.8. The van der Waals surface area contributed by atoms with Gasteiger partial charge in [-0.1, -0.05) is 98.8 Å². The van der Waals surface area contributed by atoms with Crippen molar-refractivity contribution >= 4 is 60.9 Å². The van der Waals surface area contributed by atoms with Gasteiger partial charge in [0.1, 0.15) is 33.8 Å². The number of rotatable bonds is 4. The highest BCUT2D eigenvalue weighted by atomic mass is 16.5. The Hall–Kier alpha value is -6.26. The molecular formula is C45H31NO3. The summed E-state index contributed by atoms with van der Waals surface area (Å²) in [5.74, 6) is 1.76. The second-order valence-corrected chi connectivity index (χ2v) is 13.3. The molecular weight excluding hydrogens is 602 g/mol. The zero-order valence-corrected chi connectivity index (χ0v) is 27.1. The number of anilines is 3. The van der Waals surface area contributed by atoms with Crippen molar-refractivity contribution in [3.8, 4) is 22.6 Å². The smallest absolute Gasteiger partial charge is 0.143 e. The van der Waals surface area contributed by atoms with Gasteiger partial charge in [0.25, 0.3) is 0 Å². The highest BCUT2D eigenvalue weighted by Crippen LogP contribution is 2.53. The standard InChI is InChI=1S/C45H31NO3/c1-45(2)36-23-18-29(26-42(36)49-44-37(45)24-25-40-43(44)35-13-7-9-15-39(35)47-40)28-16-19-31(20-17-28)46(30-10-4-3-5-11-30)32-21-22-34-33-12-6-8-14-38(33)48-41(34)27-32/h3-27H,1-2H3. The molecule has 0 unspecified atom stereocenters. The largest absolute Gasteiger partial charge is 0.456 e. The summed E-state index contributed by atoms with van der Waals surface area (Å²) in [5.41, 5.74) is 11.0. The van der Waals surface area contributed by atoms with Gasteiger partial charge in [0.05, 0.1) is 5.39 Å². The SMILES string of the molecule is CC1(C)c2ccc(-c3ccc(N(c4ccccc4)c4ccc5c(c4)oc4ccccc45)cc3)cc2Oc2c1ccc1oc3ccccc3c21. The number of benzene rings is 7. The first-order valence-corrected chi connectivity index (χ1v) is 16.7. The minimum atomic E-state index is -0.241. The van der Waals surface area contributed by atoms with Gasteiger partial charge in [-0.25, -0.2) is 0 Å². The van der Waals surface area contributed by atoms with Crippen LogP contribution in [0.1, 0.15) is 25.0 Å². The molecule has 1 aliphatic heterocycles. The normalized spacial score (nSPS) is 13.4. The van der Waals surface area contributed by atoms with Crippen LogP contribution in [0.4, 0.5) is 17.1 Å². The zero-order valence-electron chi connectivity index (χ0n) is 27.1. The van der Waals surface area contributed by atoms with Crippen LogP contribution in [0.5, 0.6) is 11.5 Å². The molecule has 0 amide bonds. The maximum absolute atomic E-state index is 6.81. The molecule has 0 aliphatic carbocycles. The maximum atomic E-state index is 6.81. The lowest BCUT2D eigenvalue weighted by Gasteiger charge is -2.35. The van der Waals surface area contributed by atoms with E-state index in [-0.39, 0.29) is 5.41 Å². The molecule has 49 heavy (non-hydrogen) atoms. The Bertz CT molecular complexity index is 2720. The van der Waals surface area contributed by atoms with E-state index in [0.29, 0.717) is 0 Å². The summed E-state index contributed by atoms with van der Waals surface area (Å²) in [6.07, 6.45) is 0. The second-order valence-electron chi connectivity index (χ2n) is 13.3. The predicted molar refractivity (Wildman–Crippen MR) is 200 cm³/mol. The van der Waals surface area contributed by atoms with Crippen LogP contribution in [0.3, 0.4) is 0 Å². The Balaban J connectivity index is 1.04. The lowest BCUT2D eigenvalue weighted by atomic mass is 9.75. The van der Waals surface area contributed by atoms with Crippen LogP contribution in [-0.2, 0) is 5.41 Å². The summed E-state index contributed by atoms with van der Waals surface area (Å²) >= 11 is 0. The first-order valence-electron chi connectivity index (χ1n) is 16.7. The predicted octanol–water partition coefficient (Wildman–Crippen LogP) is 13.1. The van der Waals surface area contributed by atoms with Crippen molar-refractivity contribution in [1.29, 1.82) is 0 Å². The van der Waals surface area contributed by atoms with Gasteiger partial charge in [0.2, 0.25) is 0 Å². The number of nitrogens with zero attached hydrogens (tertiary/aromatic N) is 1. The van der Waals surface area contributed by atoms with E-state index in [1.165, 1.54) is 5.56 Å². The van der Waals surface area contributed by atoms with Gasteiger partial charge >= 0.3 is 0 Å². The topological polar surface area (TPSA) is 38.8 Å². The minimum absolute atomic E-state index is 0.241. The molecule has 0 N–H and O–H groups in total. The summed E-state index contributed by atoms with van der Waals surface area (Å²) in [6.45, 7) is 4.55. The number of para-hydroxylation sites is 3. The van der Waals surface area contributed by atoms with Crippen LogP contribution in [0.25, 0.3) is 55.0 Å². The molecule has 2 aromatic heterocycles. The fourth-order valence-corrected chi connectivity index (χ4v) is 7.62. The average Bonchev–Trinajstić information content (AvgIpc) is 3.71. The molecule has 4 heteroatoms. The summed E-state index contributed by atoms with van der Waals surface area (Å²) in [5, 5.41) is 4.35. The van der Waals surface area contributed by atoms with Crippen molar-refractivity contribution in [1.82, 2.24) is 0 Å². The van der Waals surface area contributed by atoms with E-state index in [2.05, 4.69) is 140 Å². The molecule has 0 bridgehead atoms. The van der Waals surface area contributed by atoms with E-state index in [0.717, 1.165) is 89.1 Å². The van der Waals surface area contributed by atoms with E-state index < -0.39 is 0 Å². The molecule has 7 aromatic carbocycles. The van der Waals surface area contributed by atoms with E-state index in [1.807, 2.05) is 30.3 Å². The van der Waals surface area contributed by atoms with Gasteiger partial charge < -0.3 is 18.5 Å². The Morgan fingerprint density at radius 1 is 0.449 bits per heavy atom. The van der Waals surface area contributed by atoms with Gasteiger partial charge in [-0.05, 0) is 71.8 Å². The van der Waals surface area contributed by atoms with Crippen LogP contribution < -0.4 is 9.64 Å². The highest BCUT2D eigenvalue weighted by Gasteiger charge is 2.36. The molecule has 10 rings (SSSR count). The zero-order chi connectivity index (χ0) is 32.7. The Morgan fingerprint density at radius 3 is 1.88 bits per heavy atom. The third-order valence-corrected chi connectivity index (χ3v) is 10.1. The Labute approximate surface area is 283 Å². The van der Waals surface area contributed by atoms with Crippen LogP contribution in [0, 0.1) is 0 Å². The third kappa shape index (κ3) is 4.24.